The van der Waals surface area contributed by atoms with Crippen LogP contribution in [0.4, 0.5) is 0 Å². The van der Waals surface area contributed by atoms with Gasteiger partial charge < -0.3 is 25.8 Å². The van der Waals surface area contributed by atoms with E-state index in [1.54, 1.807) is 12.1 Å². The van der Waals surface area contributed by atoms with Crippen LogP contribution in [-0.2, 0) is 4.79 Å². The van der Waals surface area contributed by atoms with E-state index < -0.39 is 37.0 Å². The highest BCUT2D eigenvalue weighted by atomic mass is 16.4. The van der Waals surface area contributed by atoms with Gasteiger partial charge in [0.2, 0.25) is 5.91 Å². The standard InChI is InChI=1S/C21H28BN3O5/c1-13(2)12-18(22(29)30)24-21(28)19(14(3)26)25-20(27)17-11-7-10-16(23-17)15-8-5-4-6-9-15/h4-11,13-14,18-19,26,29-30H,12H2,1-3H3,(H,24,28)(H,25,27)/t14-,18?,19+/m1/s1. The summed E-state index contributed by atoms with van der Waals surface area (Å²) in [5, 5.41) is 34.0. The number of rotatable bonds is 9. The summed E-state index contributed by atoms with van der Waals surface area (Å²) in [6, 6.07) is 13.0. The summed E-state index contributed by atoms with van der Waals surface area (Å²) in [5.74, 6) is -2.16. The molecule has 160 valence electrons. The lowest BCUT2D eigenvalue weighted by molar-refractivity contribution is -0.125. The van der Waals surface area contributed by atoms with Crippen molar-refractivity contribution in [3.05, 3.63) is 54.2 Å². The van der Waals surface area contributed by atoms with Crippen LogP contribution in [0.25, 0.3) is 11.3 Å². The molecule has 0 bridgehead atoms. The minimum atomic E-state index is -1.76. The fourth-order valence-corrected chi connectivity index (χ4v) is 2.99. The molecule has 0 aliphatic heterocycles. The topological polar surface area (TPSA) is 132 Å². The third-order valence-electron chi connectivity index (χ3n) is 4.52. The molecule has 2 aromatic rings. The van der Waals surface area contributed by atoms with Gasteiger partial charge in [0.05, 0.1) is 17.7 Å². The summed E-state index contributed by atoms with van der Waals surface area (Å²) >= 11 is 0. The van der Waals surface area contributed by atoms with Gasteiger partial charge in [-0.1, -0.05) is 50.2 Å². The van der Waals surface area contributed by atoms with Crippen LogP contribution in [0.15, 0.2) is 48.5 Å². The Morgan fingerprint density at radius 1 is 1.00 bits per heavy atom. The van der Waals surface area contributed by atoms with Crippen LogP contribution in [-0.4, -0.2) is 57.2 Å². The fourth-order valence-electron chi connectivity index (χ4n) is 2.99. The maximum atomic E-state index is 12.7. The molecule has 0 aliphatic carbocycles. The second-order valence-electron chi connectivity index (χ2n) is 7.62. The molecule has 0 fully saturated rings. The van der Waals surface area contributed by atoms with Crippen molar-refractivity contribution in [2.45, 2.75) is 45.3 Å². The second kappa shape index (κ2) is 10.9. The molecule has 0 aliphatic rings. The van der Waals surface area contributed by atoms with Gasteiger partial charge in [0.25, 0.3) is 5.91 Å². The number of amides is 2. The van der Waals surface area contributed by atoms with Crippen molar-refractivity contribution in [2.75, 3.05) is 0 Å². The lowest BCUT2D eigenvalue weighted by Crippen LogP contribution is -2.57. The molecule has 0 saturated carbocycles. The molecule has 0 saturated heterocycles. The summed E-state index contributed by atoms with van der Waals surface area (Å²) in [7, 11) is -1.76. The number of aliphatic hydroxyl groups excluding tert-OH is 1. The number of hydrogen-bond acceptors (Lipinski definition) is 6. The SMILES string of the molecule is CC(C)CC(NC(=O)[C@@H](NC(=O)c1cccc(-c2ccccc2)n1)[C@@H](C)O)B(O)O. The van der Waals surface area contributed by atoms with Crippen molar-refractivity contribution in [2.24, 2.45) is 5.92 Å². The summed E-state index contributed by atoms with van der Waals surface area (Å²) in [4.78, 5) is 29.6. The number of carbonyl (C=O) groups is 2. The number of hydrogen-bond donors (Lipinski definition) is 5. The predicted molar refractivity (Wildman–Crippen MR) is 114 cm³/mol. The molecule has 0 radical (unpaired) electrons. The Bertz CT molecular complexity index is 846. The molecule has 2 amide bonds. The normalized spacial score (nSPS) is 14.0. The molecule has 8 nitrogen and oxygen atoms in total. The van der Waals surface area contributed by atoms with E-state index in [0.717, 1.165) is 5.56 Å². The highest BCUT2D eigenvalue weighted by Gasteiger charge is 2.32. The molecule has 2 rings (SSSR count). The van der Waals surface area contributed by atoms with Crippen molar-refractivity contribution in [1.82, 2.24) is 15.6 Å². The Labute approximate surface area is 176 Å². The molecule has 0 spiro atoms. The van der Waals surface area contributed by atoms with Gasteiger partial charge in [0, 0.05) is 5.56 Å². The van der Waals surface area contributed by atoms with Crippen molar-refractivity contribution in [1.29, 1.82) is 0 Å². The first kappa shape index (κ1) is 23.5. The Morgan fingerprint density at radius 3 is 2.23 bits per heavy atom. The average Bonchev–Trinajstić information content (AvgIpc) is 2.71. The van der Waals surface area contributed by atoms with Gasteiger partial charge in [-0.3, -0.25) is 9.59 Å². The second-order valence-corrected chi connectivity index (χ2v) is 7.62. The minimum absolute atomic E-state index is 0.0933. The van der Waals surface area contributed by atoms with Gasteiger partial charge in [-0.05, 0) is 31.4 Å². The number of nitrogens with one attached hydrogen (secondary N) is 2. The molecule has 9 heteroatoms. The Kier molecular flexibility index (Phi) is 8.52. The van der Waals surface area contributed by atoms with Crippen LogP contribution >= 0.6 is 0 Å². The molecule has 1 heterocycles. The Hall–Kier alpha value is -2.75. The number of aliphatic hydroxyl groups is 1. The molecule has 1 unspecified atom stereocenters. The molecule has 1 aromatic heterocycles. The smallest absolute Gasteiger partial charge is 0.426 e. The number of carbonyl (C=O) groups excluding carboxylic acids is 2. The van der Waals surface area contributed by atoms with Gasteiger partial charge in [-0.2, -0.15) is 0 Å². The number of nitrogens with zero attached hydrogens (tertiary/aromatic N) is 1. The Balaban J connectivity index is 2.14. The van der Waals surface area contributed by atoms with E-state index in [1.807, 2.05) is 44.2 Å². The van der Waals surface area contributed by atoms with Gasteiger partial charge in [0.1, 0.15) is 11.7 Å². The van der Waals surface area contributed by atoms with Crippen LogP contribution in [0.2, 0.25) is 0 Å². The van der Waals surface area contributed by atoms with E-state index in [2.05, 4.69) is 15.6 Å². The summed E-state index contributed by atoms with van der Waals surface area (Å²) in [6.45, 7) is 5.12. The summed E-state index contributed by atoms with van der Waals surface area (Å²) in [6.07, 6.45) is -0.883. The minimum Gasteiger partial charge on any atom is -0.426 e. The van der Waals surface area contributed by atoms with E-state index in [4.69, 9.17) is 0 Å². The number of benzene rings is 1. The molecular formula is C21H28BN3O5. The summed E-state index contributed by atoms with van der Waals surface area (Å²) in [5.41, 5.74) is 1.53. The van der Waals surface area contributed by atoms with E-state index >= 15 is 0 Å². The maximum absolute atomic E-state index is 12.7. The number of aromatic nitrogens is 1. The maximum Gasteiger partial charge on any atom is 0.475 e. The fraction of sp³-hybridized carbons (Fsp3) is 0.381. The monoisotopic (exact) mass is 413 g/mol. The first-order chi connectivity index (χ1) is 14.2. The van der Waals surface area contributed by atoms with E-state index in [9.17, 15) is 24.7 Å². The zero-order chi connectivity index (χ0) is 22.3. The van der Waals surface area contributed by atoms with E-state index in [0.29, 0.717) is 12.1 Å². The van der Waals surface area contributed by atoms with Gasteiger partial charge in [-0.25, -0.2) is 4.98 Å². The van der Waals surface area contributed by atoms with E-state index in [1.165, 1.54) is 13.0 Å². The van der Waals surface area contributed by atoms with Gasteiger partial charge in [0.15, 0.2) is 0 Å². The molecule has 5 N–H and O–H groups in total. The number of pyridine rings is 1. The predicted octanol–water partition coefficient (Wildman–Crippen LogP) is 0.771. The van der Waals surface area contributed by atoms with Crippen molar-refractivity contribution in [3.8, 4) is 11.3 Å². The van der Waals surface area contributed by atoms with E-state index in [-0.39, 0.29) is 11.6 Å². The lowest BCUT2D eigenvalue weighted by Gasteiger charge is -2.25. The van der Waals surface area contributed by atoms with Crippen molar-refractivity contribution in [3.63, 3.8) is 0 Å². The van der Waals surface area contributed by atoms with Crippen LogP contribution in [0.3, 0.4) is 0 Å². The molecular weight excluding hydrogens is 385 g/mol. The average molecular weight is 413 g/mol. The van der Waals surface area contributed by atoms with Crippen LogP contribution in [0.1, 0.15) is 37.7 Å². The third kappa shape index (κ3) is 6.65. The van der Waals surface area contributed by atoms with Gasteiger partial charge >= 0.3 is 7.12 Å². The van der Waals surface area contributed by atoms with Crippen LogP contribution < -0.4 is 10.6 Å². The first-order valence-corrected chi connectivity index (χ1v) is 9.87. The largest absolute Gasteiger partial charge is 0.475 e. The Morgan fingerprint density at radius 2 is 1.67 bits per heavy atom. The highest BCUT2D eigenvalue weighted by molar-refractivity contribution is 6.43. The van der Waals surface area contributed by atoms with Crippen molar-refractivity contribution < 1.29 is 24.7 Å². The van der Waals surface area contributed by atoms with Crippen molar-refractivity contribution >= 4 is 18.9 Å². The quantitative estimate of drug-likeness (QED) is 0.386. The third-order valence-corrected chi connectivity index (χ3v) is 4.52. The molecule has 30 heavy (non-hydrogen) atoms. The molecule has 3 atom stereocenters. The summed E-state index contributed by atoms with van der Waals surface area (Å²) < 4.78 is 0. The zero-order valence-corrected chi connectivity index (χ0v) is 17.3. The van der Waals surface area contributed by atoms with Gasteiger partial charge in [-0.15, -0.1) is 0 Å². The molecule has 1 aromatic carbocycles. The zero-order valence-electron chi connectivity index (χ0n) is 17.3. The highest BCUT2D eigenvalue weighted by Crippen LogP contribution is 2.16. The van der Waals surface area contributed by atoms with Crippen LogP contribution in [0.5, 0.6) is 0 Å². The first-order valence-electron chi connectivity index (χ1n) is 9.87. The lowest BCUT2D eigenvalue weighted by atomic mass is 9.75. The van der Waals surface area contributed by atoms with Crippen LogP contribution in [0, 0.1) is 5.92 Å².